The molecule has 1 aliphatic heterocycles. The minimum Gasteiger partial charge on any atom is -0.460 e. The van der Waals surface area contributed by atoms with Crippen molar-refractivity contribution in [2.75, 3.05) is 35.5 Å². The van der Waals surface area contributed by atoms with Crippen molar-refractivity contribution in [1.29, 1.82) is 0 Å². The summed E-state index contributed by atoms with van der Waals surface area (Å²) in [5.41, 5.74) is 4.68. The third kappa shape index (κ3) is 4.19. The van der Waals surface area contributed by atoms with E-state index in [9.17, 15) is 4.79 Å². The number of hydrazone groups is 1. The summed E-state index contributed by atoms with van der Waals surface area (Å²) in [6.45, 7) is 2.04. The van der Waals surface area contributed by atoms with Gasteiger partial charge in [0.2, 0.25) is 5.84 Å². The zero-order chi connectivity index (χ0) is 24.5. The predicted octanol–water partition coefficient (Wildman–Crippen LogP) is 5.79. The van der Waals surface area contributed by atoms with Crippen molar-refractivity contribution in [2.45, 2.75) is 13.1 Å². The van der Waals surface area contributed by atoms with E-state index in [0.29, 0.717) is 5.02 Å². The molecule has 178 valence electrons. The SMILES string of the molecule is CCOC(=O)C1=NN(c2ccc(Cl)cc2)C(c2c[nH]c3ccccc23)N1c1ccc(N(C)C)cc1. The lowest BCUT2D eigenvalue weighted by molar-refractivity contribution is -0.135. The number of hydrogen-bond acceptors (Lipinski definition) is 6. The molecule has 0 amide bonds. The van der Waals surface area contributed by atoms with E-state index in [4.69, 9.17) is 21.4 Å². The number of rotatable bonds is 6. The molecule has 1 unspecified atom stereocenters. The average Bonchev–Trinajstić information content (AvgIpc) is 3.46. The number of nitrogens with zero attached hydrogens (tertiary/aromatic N) is 4. The number of aromatic amines is 1. The molecule has 0 spiro atoms. The van der Waals surface area contributed by atoms with Gasteiger partial charge in [-0.25, -0.2) is 9.80 Å². The number of carbonyl (C=O) groups is 1. The van der Waals surface area contributed by atoms with E-state index >= 15 is 0 Å². The van der Waals surface area contributed by atoms with Gasteiger partial charge in [-0.2, -0.15) is 0 Å². The zero-order valence-corrected chi connectivity index (χ0v) is 20.5. The van der Waals surface area contributed by atoms with E-state index in [-0.39, 0.29) is 12.4 Å². The van der Waals surface area contributed by atoms with Crippen molar-refractivity contribution < 1.29 is 9.53 Å². The van der Waals surface area contributed by atoms with Gasteiger partial charge in [0.1, 0.15) is 0 Å². The number of benzene rings is 3. The molecule has 1 atom stereocenters. The Bertz CT molecular complexity index is 1380. The maximum Gasteiger partial charge on any atom is 0.376 e. The third-order valence-corrected chi connectivity index (χ3v) is 6.25. The van der Waals surface area contributed by atoms with E-state index < -0.39 is 12.1 Å². The monoisotopic (exact) mass is 487 g/mol. The van der Waals surface area contributed by atoms with Crippen molar-refractivity contribution in [3.63, 3.8) is 0 Å². The number of ether oxygens (including phenoxy) is 1. The molecule has 0 radical (unpaired) electrons. The predicted molar refractivity (Wildman–Crippen MR) is 142 cm³/mol. The van der Waals surface area contributed by atoms with Gasteiger partial charge in [0, 0.05) is 53.2 Å². The highest BCUT2D eigenvalue weighted by Gasteiger charge is 2.42. The van der Waals surface area contributed by atoms with Crippen LogP contribution in [0.15, 0.2) is 84.1 Å². The molecule has 0 saturated carbocycles. The van der Waals surface area contributed by atoms with Gasteiger partial charge in [-0.3, -0.25) is 4.90 Å². The second-order valence-electron chi connectivity index (χ2n) is 8.41. The quantitative estimate of drug-likeness (QED) is 0.349. The van der Waals surface area contributed by atoms with Crippen LogP contribution in [0.25, 0.3) is 10.9 Å². The number of hydrogen-bond donors (Lipinski definition) is 1. The minimum absolute atomic E-state index is 0.217. The van der Waals surface area contributed by atoms with Crippen LogP contribution in [-0.4, -0.2) is 37.5 Å². The highest BCUT2D eigenvalue weighted by atomic mass is 35.5. The number of anilines is 3. The number of H-pyrrole nitrogens is 1. The Balaban J connectivity index is 1.71. The molecule has 8 heteroatoms. The highest BCUT2D eigenvalue weighted by molar-refractivity contribution is 6.42. The average molecular weight is 488 g/mol. The molecule has 7 nitrogen and oxygen atoms in total. The van der Waals surface area contributed by atoms with Crippen LogP contribution >= 0.6 is 11.6 Å². The molecule has 0 saturated heterocycles. The molecule has 3 aromatic carbocycles. The molecule has 5 rings (SSSR count). The van der Waals surface area contributed by atoms with Crippen molar-refractivity contribution >= 4 is 51.4 Å². The Labute approximate surface area is 209 Å². The normalized spacial score (nSPS) is 15.4. The van der Waals surface area contributed by atoms with Crippen LogP contribution in [0, 0.1) is 0 Å². The van der Waals surface area contributed by atoms with Crippen LogP contribution in [-0.2, 0) is 9.53 Å². The molecule has 1 aliphatic rings. The van der Waals surface area contributed by atoms with Gasteiger partial charge in [0.25, 0.3) is 0 Å². The number of amidine groups is 1. The van der Waals surface area contributed by atoms with Crippen molar-refractivity contribution in [3.8, 4) is 0 Å². The molecule has 1 aromatic heterocycles. The van der Waals surface area contributed by atoms with Crippen LogP contribution < -0.4 is 14.8 Å². The Morgan fingerprint density at radius 2 is 1.71 bits per heavy atom. The summed E-state index contributed by atoms with van der Waals surface area (Å²) in [5, 5.41) is 8.32. The molecule has 4 aromatic rings. The lowest BCUT2D eigenvalue weighted by atomic mass is 10.1. The maximum absolute atomic E-state index is 13.2. The van der Waals surface area contributed by atoms with Crippen molar-refractivity contribution in [3.05, 3.63) is 89.6 Å². The van der Waals surface area contributed by atoms with Crippen molar-refractivity contribution in [2.24, 2.45) is 5.10 Å². The van der Waals surface area contributed by atoms with E-state index in [2.05, 4.69) is 11.1 Å². The smallest absolute Gasteiger partial charge is 0.376 e. The van der Waals surface area contributed by atoms with Crippen LogP contribution in [0.3, 0.4) is 0 Å². The van der Waals surface area contributed by atoms with Gasteiger partial charge in [-0.15, -0.1) is 5.10 Å². The van der Waals surface area contributed by atoms with Crippen molar-refractivity contribution in [1.82, 2.24) is 4.98 Å². The molecular weight excluding hydrogens is 462 g/mol. The lowest BCUT2D eigenvalue weighted by Crippen LogP contribution is -2.39. The van der Waals surface area contributed by atoms with Gasteiger partial charge in [0.05, 0.1) is 12.3 Å². The lowest BCUT2D eigenvalue weighted by Gasteiger charge is -2.31. The molecule has 1 N–H and O–H groups in total. The molecule has 2 heterocycles. The summed E-state index contributed by atoms with van der Waals surface area (Å²) < 4.78 is 5.42. The van der Waals surface area contributed by atoms with Crippen LogP contribution in [0.5, 0.6) is 0 Å². The fourth-order valence-electron chi connectivity index (χ4n) is 4.31. The number of esters is 1. The first-order valence-corrected chi connectivity index (χ1v) is 11.8. The van der Waals surface area contributed by atoms with Crippen LogP contribution in [0.2, 0.25) is 5.02 Å². The second-order valence-corrected chi connectivity index (χ2v) is 8.85. The molecule has 35 heavy (non-hydrogen) atoms. The first-order valence-electron chi connectivity index (χ1n) is 11.4. The zero-order valence-electron chi connectivity index (χ0n) is 19.8. The van der Waals surface area contributed by atoms with E-state index in [0.717, 1.165) is 33.5 Å². The summed E-state index contributed by atoms with van der Waals surface area (Å²) in [6, 6.07) is 23.6. The Morgan fingerprint density at radius 3 is 2.40 bits per heavy atom. The number of nitrogens with one attached hydrogen (secondary N) is 1. The first-order chi connectivity index (χ1) is 17.0. The minimum atomic E-state index is -0.481. The van der Waals surface area contributed by atoms with Gasteiger partial charge in [-0.05, 0) is 61.5 Å². The van der Waals surface area contributed by atoms with E-state index in [1.165, 1.54) is 0 Å². The Morgan fingerprint density at radius 1 is 1.03 bits per heavy atom. The Kier molecular flexibility index (Phi) is 6.09. The molecule has 0 fully saturated rings. The van der Waals surface area contributed by atoms with Gasteiger partial charge >= 0.3 is 5.97 Å². The first kappa shape index (κ1) is 22.8. The van der Waals surface area contributed by atoms with Gasteiger partial charge < -0.3 is 14.6 Å². The largest absolute Gasteiger partial charge is 0.460 e. The molecule has 0 aliphatic carbocycles. The van der Waals surface area contributed by atoms with Crippen LogP contribution in [0.4, 0.5) is 17.1 Å². The summed E-state index contributed by atoms with van der Waals surface area (Å²) in [6.07, 6.45) is 1.54. The third-order valence-electron chi connectivity index (χ3n) is 6.00. The van der Waals surface area contributed by atoms with E-state index in [1.54, 1.807) is 6.92 Å². The fourth-order valence-corrected chi connectivity index (χ4v) is 4.44. The summed E-state index contributed by atoms with van der Waals surface area (Å²) in [5.74, 6) is -0.264. The summed E-state index contributed by atoms with van der Waals surface area (Å²) in [7, 11) is 3.99. The second kappa shape index (κ2) is 9.35. The van der Waals surface area contributed by atoms with Crippen LogP contribution in [0.1, 0.15) is 18.7 Å². The van der Waals surface area contributed by atoms with E-state index in [1.807, 2.05) is 102 Å². The highest BCUT2D eigenvalue weighted by Crippen LogP contribution is 2.42. The number of aromatic nitrogens is 1. The molecular formula is C27H26ClN5O2. The number of carbonyl (C=O) groups excluding carboxylic acids is 1. The summed E-state index contributed by atoms with van der Waals surface area (Å²) in [4.78, 5) is 20.5. The van der Waals surface area contributed by atoms with Gasteiger partial charge in [-0.1, -0.05) is 29.8 Å². The number of para-hydroxylation sites is 1. The topological polar surface area (TPSA) is 64.2 Å². The number of fused-ring (bicyclic) bond motifs is 1. The Hall–Kier alpha value is -3.97. The van der Waals surface area contributed by atoms with Gasteiger partial charge in [0.15, 0.2) is 6.17 Å². The maximum atomic E-state index is 13.2. The standard InChI is InChI=1S/C27H26ClN5O2/c1-4-35-27(34)25-30-33(21-11-9-18(28)10-12-21)26(23-17-29-24-8-6-5-7-22(23)24)32(25)20-15-13-19(14-16-20)31(2)3/h5-17,26,29H,4H2,1-3H3. The molecule has 0 bridgehead atoms. The fraction of sp³-hybridized carbons (Fsp3) is 0.185. The number of halogens is 1. The summed E-state index contributed by atoms with van der Waals surface area (Å²) >= 11 is 6.17.